The number of carbonyl (C=O) groups excluding carboxylic acids is 3. The van der Waals surface area contributed by atoms with Gasteiger partial charge in [0.15, 0.2) is 0 Å². The normalized spacial score (nSPS) is 18.4. The molecular formula is C26H32F3N7O3S. The van der Waals surface area contributed by atoms with Gasteiger partial charge in [0.2, 0.25) is 0 Å². The molecule has 40 heavy (non-hydrogen) atoms. The van der Waals surface area contributed by atoms with Gasteiger partial charge in [-0.2, -0.15) is 13.2 Å². The van der Waals surface area contributed by atoms with Crippen LogP contribution in [0.5, 0.6) is 0 Å². The second kappa shape index (κ2) is 12.0. The van der Waals surface area contributed by atoms with E-state index in [2.05, 4.69) is 32.5 Å². The number of likely N-dealkylation sites (N-methyl/N-ethyl adjacent to an activating group) is 1. The number of aromatic nitrogens is 1. The maximum absolute atomic E-state index is 13.3. The standard InChI is InChI=1S/C26H32F3N7O3S/c1-25(2)22(37)36(19-4-6-20(7-5-19)40-26(27,28)29)24(39)35(25)17-18-8-9-30-21(16-18)32-23(38)31-10-11-34-14-12-33(3)13-15-34/h4-9,16H,10-15,17H2,1-3H3,(H2,30,31,32,38). The van der Waals surface area contributed by atoms with Gasteiger partial charge in [0.05, 0.1) is 5.69 Å². The first-order valence-corrected chi connectivity index (χ1v) is 13.6. The van der Waals surface area contributed by atoms with Crippen LogP contribution < -0.4 is 15.5 Å². The third kappa shape index (κ3) is 7.23. The molecule has 0 saturated carbocycles. The van der Waals surface area contributed by atoms with E-state index < -0.39 is 29.0 Å². The number of rotatable bonds is 8. The Morgan fingerprint density at radius 2 is 1.75 bits per heavy atom. The van der Waals surface area contributed by atoms with Crippen LogP contribution in [0, 0.1) is 0 Å². The number of halogens is 3. The number of hydrogen-bond acceptors (Lipinski definition) is 7. The van der Waals surface area contributed by atoms with Crippen LogP contribution in [0.25, 0.3) is 0 Å². The molecule has 1 aromatic carbocycles. The molecule has 4 rings (SSSR count). The molecule has 0 spiro atoms. The van der Waals surface area contributed by atoms with Gasteiger partial charge >= 0.3 is 17.6 Å². The van der Waals surface area contributed by atoms with Crippen LogP contribution in [-0.4, -0.2) is 95.0 Å². The first-order chi connectivity index (χ1) is 18.8. The average Bonchev–Trinajstić information content (AvgIpc) is 3.04. The van der Waals surface area contributed by atoms with E-state index in [-0.39, 0.29) is 28.9 Å². The van der Waals surface area contributed by atoms with Crippen molar-refractivity contribution in [2.24, 2.45) is 0 Å². The lowest BCUT2D eigenvalue weighted by Crippen LogP contribution is -2.47. The maximum Gasteiger partial charge on any atom is 0.446 e. The molecule has 2 aliphatic rings. The van der Waals surface area contributed by atoms with E-state index in [9.17, 15) is 27.6 Å². The Bertz CT molecular complexity index is 1230. The minimum absolute atomic E-state index is 0.0494. The SMILES string of the molecule is CN1CCN(CCNC(=O)Nc2cc(CN3C(=O)N(c4ccc(SC(F)(F)F)cc4)C(=O)C3(C)C)ccn2)CC1. The minimum Gasteiger partial charge on any atom is -0.337 e. The molecule has 3 heterocycles. The van der Waals surface area contributed by atoms with E-state index in [1.165, 1.54) is 35.4 Å². The van der Waals surface area contributed by atoms with Gasteiger partial charge in [0, 0.05) is 56.9 Å². The fraction of sp³-hybridized carbons (Fsp3) is 0.462. The number of alkyl halides is 3. The highest BCUT2D eigenvalue weighted by Gasteiger charge is 2.51. The average molecular weight is 580 g/mol. The summed E-state index contributed by atoms with van der Waals surface area (Å²) in [5.74, 6) is -0.208. The Morgan fingerprint density at radius 1 is 1.07 bits per heavy atom. The minimum atomic E-state index is -4.44. The van der Waals surface area contributed by atoms with Gasteiger partial charge in [0.1, 0.15) is 11.4 Å². The third-order valence-electron chi connectivity index (χ3n) is 6.87. The second-order valence-electron chi connectivity index (χ2n) is 10.2. The van der Waals surface area contributed by atoms with Crippen LogP contribution in [-0.2, 0) is 11.3 Å². The molecule has 2 aliphatic heterocycles. The quantitative estimate of drug-likeness (QED) is 0.362. The number of carbonyl (C=O) groups is 3. The summed E-state index contributed by atoms with van der Waals surface area (Å²) < 4.78 is 38.0. The molecule has 1 aromatic heterocycles. The summed E-state index contributed by atoms with van der Waals surface area (Å²) in [7, 11) is 2.08. The molecular weight excluding hydrogens is 547 g/mol. The van der Waals surface area contributed by atoms with Crippen molar-refractivity contribution < 1.29 is 27.6 Å². The third-order valence-corrected chi connectivity index (χ3v) is 7.61. The molecule has 0 radical (unpaired) electrons. The van der Waals surface area contributed by atoms with Crippen molar-refractivity contribution in [3.05, 3.63) is 48.2 Å². The summed E-state index contributed by atoms with van der Waals surface area (Å²) in [4.78, 5) is 49.9. The molecule has 2 fully saturated rings. The highest BCUT2D eigenvalue weighted by molar-refractivity contribution is 8.00. The summed E-state index contributed by atoms with van der Waals surface area (Å²) >= 11 is -0.271. The number of imide groups is 1. The molecule has 2 N–H and O–H groups in total. The van der Waals surface area contributed by atoms with Crippen molar-refractivity contribution >= 4 is 41.2 Å². The number of thioether (sulfide) groups is 1. The zero-order chi connectivity index (χ0) is 29.1. The number of amides is 5. The molecule has 0 unspecified atom stereocenters. The molecule has 2 saturated heterocycles. The Hall–Kier alpha value is -3.36. The lowest BCUT2D eigenvalue weighted by atomic mass is 10.0. The summed E-state index contributed by atoms with van der Waals surface area (Å²) in [6, 6.07) is 7.39. The highest BCUT2D eigenvalue weighted by Crippen LogP contribution is 2.39. The predicted octanol–water partition coefficient (Wildman–Crippen LogP) is 3.81. The van der Waals surface area contributed by atoms with E-state index in [0.717, 1.165) is 37.6 Å². The number of urea groups is 2. The van der Waals surface area contributed by atoms with E-state index in [0.29, 0.717) is 17.9 Å². The number of nitrogens with one attached hydrogen (secondary N) is 2. The van der Waals surface area contributed by atoms with E-state index >= 15 is 0 Å². The summed E-state index contributed by atoms with van der Waals surface area (Å²) in [5.41, 5.74) is -4.84. The molecule has 0 aliphatic carbocycles. The smallest absolute Gasteiger partial charge is 0.337 e. The first kappa shape index (κ1) is 29.6. The maximum atomic E-state index is 13.3. The molecule has 216 valence electrons. The fourth-order valence-corrected chi connectivity index (χ4v) is 5.05. The summed E-state index contributed by atoms with van der Waals surface area (Å²) in [6.07, 6.45) is 1.50. The Morgan fingerprint density at radius 3 is 2.40 bits per heavy atom. The number of piperazine rings is 1. The van der Waals surface area contributed by atoms with E-state index in [4.69, 9.17) is 0 Å². The highest BCUT2D eigenvalue weighted by atomic mass is 32.2. The van der Waals surface area contributed by atoms with Gasteiger partial charge in [-0.15, -0.1) is 0 Å². The Labute approximate surface area is 234 Å². The van der Waals surface area contributed by atoms with Gasteiger partial charge in [-0.05, 0) is 74.6 Å². The van der Waals surface area contributed by atoms with Crippen LogP contribution in [0.3, 0.4) is 0 Å². The Balaban J connectivity index is 1.36. The topological polar surface area (TPSA) is 101 Å². The lowest BCUT2D eigenvalue weighted by Gasteiger charge is -2.32. The van der Waals surface area contributed by atoms with Gasteiger partial charge in [-0.25, -0.2) is 19.5 Å². The van der Waals surface area contributed by atoms with Crippen molar-refractivity contribution in [1.82, 2.24) is 25.0 Å². The van der Waals surface area contributed by atoms with Crippen LogP contribution in [0.15, 0.2) is 47.5 Å². The van der Waals surface area contributed by atoms with Crippen molar-refractivity contribution in [3.8, 4) is 0 Å². The Kier molecular flexibility index (Phi) is 8.90. The van der Waals surface area contributed by atoms with Crippen molar-refractivity contribution in [1.29, 1.82) is 0 Å². The number of anilines is 2. The van der Waals surface area contributed by atoms with Gasteiger partial charge in [-0.1, -0.05) is 0 Å². The molecule has 10 nitrogen and oxygen atoms in total. The zero-order valence-electron chi connectivity index (χ0n) is 22.5. The largest absolute Gasteiger partial charge is 0.446 e. The second-order valence-corrected chi connectivity index (χ2v) is 11.3. The molecule has 0 atom stereocenters. The van der Waals surface area contributed by atoms with Gasteiger partial charge < -0.3 is 15.1 Å². The zero-order valence-corrected chi connectivity index (χ0v) is 23.3. The van der Waals surface area contributed by atoms with E-state index in [1.54, 1.807) is 26.0 Å². The number of nitrogens with zero attached hydrogens (tertiary/aromatic N) is 5. The van der Waals surface area contributed by atoms with Crippen LogP contribution >= 0.6 is 11.8 Å². The molecule has 0 bridgehead atoms. The lowest BCUT2D eigenvalue weighted by molar-refractivity contribution is -0.123. The summed E-state index contributed by atoms with van der Waals surface area (Å²) in [5, 5.41) is 5.52. The van der Waals surface area contributed by atoms with Gasteiger partial charge in [-0.3, -0.25) is 15.0 Å². The number of benzene rings is 1. The van der Waals surface area contributed by atoms with Crippen LogP contribution in [0.1, 0.15) is 19.4 Å². The monoisotopic (exact) mass is 579 g/mol. The van der Waals surface area contributed by atoms with Crippen molar-refractivity contribution in [2.45, 2.75) is 36.3 Å². The van der Waals surface area contributed by atoms with Crippen LogP contribution in [0.4, 0.5) is 34.3 Å². The fourth-order valence-electron chi connectivity index (χ4n) is 4.51. The van der Waals surface area contributed by atoms with E-state index in [1.807, 2.05) is 0 Å². The van der Waals surface area contributed by atoms with Gasteiger partial charge in [0.25, 0.3) is 5.91 Å². The number of hydrogen-bond donors (Lipinski definition) is 2. The molecule has 14 heteroatoms. The van der Waals surface area contributed by atoms with Crippen LogP contribution in [0.2, 0.25) is 0 Å². The number of pyridine rings is 1. The first-order valence-electron chi connectivity index (χ1n) is 12.8. The van der Waals surface area contributed by atoms with Crippen molar-refractivity contribution in [3.63, 3.8) is 0 Å². The predicted molar refractivity (Wildman–Crippen MR) is 146 cm³/mol. The summed E-state index contributed by atoms with van der Waals surface area (Å²) in [6.45, 7) is 8.40. The van der Waals surface area contributed by atoms with Crippen molar-refractivity contribution in [2.75, 3.05) is 56.5 Å². The molecule has 2 aromatic rings. The molecule has 5 amide bonds.